The number of rotatable bonds is 7. The second-order valence-corrected chi connectivity index (χ2v) is 5.02. The van der Waals surface area contributed by atoms with Crippen LogP contribution in [0.2, 0.25) is 0 Å². The molecule has 1 aromatic heterocycles. The van der Waals surface area contributed by atoms with E-state index in [0.717, 1.165) is 43.1 Å². The van der Waals surface area contributed by atoms with Crippen molar-refractivity contribution in [3.8, 4) is 5.75 Å². The first kappa shape index (κ1) is 15.2. The van der Waals surface area contributed by atoms with Gasteiger partial charge in [0.2, 0.25) is 0 Å². The minimum Gasteiger partial charge on any atom is -0.486 e. The Morgan fingerprint density at radius 3 is 3.10 bits per heavy atom. The summed E-state index contributed by atoms with van der Waals surface area (Å²) < 4.78 is 16.5. The minimum atomic E-state index is 0.144. The highest BCUT2D eigenvalue weighted by atomic mass is 16.5. The summed E-state index contributed by atoms with van der Waals surface area (Å²) in [6.45, 7) is 5.69. The minimum absolute atomic E-state index is 0.144. The molecule has 0 saturated carbocycles. The molecule has 5 nitrogen and oxygen atoms in total. The zero-order valence-corrected chi connectivity index (χ0v) is 12.4. The Kier molecular flexibility index (Phi) is 6.24. The van der Waals surface area contributed by atoms with E-state index in [1.165, 1.54) is 0 Å². The lowest BCUT2D eigenvalue weighted by molar-refractivity contribution is 0.00679. The molecule has 1 saturated heterocycles. The van der Waals surface area contributed by atoms with E-state index in [0.29, 0.717) is 19.8 Å². The molecule has 1 unspecified atom stereocenters. The van der Waals surface area contributed by atoms with Crippen molar-refractivity contribution >= 4 is 0 Å². The molecule has 1 fully saturated rings. The molecule has 0 aromatic carbocycles. The predicted octanol–water partition coefficient (Wildman–Crippen LogP) is 1.68. The molecule has 1 N–H and O–H groups in total. The number of aromatic nitrogens is 1. The van der Waals surface area contributed by atoms with Crippen LogP contribution in [0, 0.1) is 6.92 Å². The van der Waals surface area contributed by atoms with E-state index < -0.39 is 0 Å². The van der Waals surface area contributed by atoms with E-state index in [1.807, 2.05) is 19.1 Å². The molecule has 112 valence electrons. The number of nitrogens with one attached hydrogen (secondary N) is 1. The Morgan fingerprint density at radius 1 is 1.45 bits per heavy atom. The molecule has 0 amide bonds. The molecule has 1 atom stereocenters. The third-order valence-electron chi connectivity index (χ3n) is 3.26. The summed E-state index contributed by atoms with van der Waals surface area (Å²) in [5, 5.41) is 3.31. The molecule has 2 rings (SSSR count). The second kappa shape index (κ2) is 8.19. The summed E-state index contributed by atoms with van der Waals surface area (Å²) in [6, 6.07) is 3.99. The third kappa shape index (κ3) is 4.74. The maximum atomic E-state index is 6.04. The van der Waals surface area contributed by atoms with Crippen molar-refractivity contribution in [1.29, 1.82) is 0 Å². The van der Waals surface area contributed by atoms with Gasteiger partial charge in [0.05, 0.1) is 18.9 Å². The van der Waals surface area contributed by atoms with Crippen LogP contribution in [0.1, 0.15) is 24.2 Å². The number of hydrogen-bond acceptors (Lipinski definition) is 5. The average Bonchev–Trinajstić information content (AvgIpc) is 2.47. The Balaban J connectivity index is 1.95. The zero-order chi connectivity index (χ0) is 14.2. The van der Waals surface area contributed by atoms with Crippen molar-refractivity contribution < 1.29 is 14.2 Å². The lowest BCUT2D eigenvalue weighted by Gasteiger charge is -2.24. The quantitative estimate of drug-likeness (QED) is 0.770. The van der Waals surface area contributed by atoms with Crippen LogP contribution >= 0.6 is 0 Å². The molecule has 0 aliphatic carbocycles. The first-order valence-corrected chi connectivity index (χ1v) is 7.20. The molecular formula is C15H24N2O3. The van der Waals surface area contributed by atoms with Crippen LogP contribution in [0.3, 0.4) is 0 Å². The number of methoxy groups -OCH3 is 1. The van der Waals surface area contributed by atoms with Gasteiger partial charge in [-0.3, -0.25) is 4.98 Å². The Morgan fingerprint density at radius 2 is 2.35 bits per heavy atom. The zero-order valence-electron chi connectivity index (χ0n) is 12.4. The summed E-state index contributed by atoms with van der Waals surface area (Å²) in [7, 11) is 1.70. The van der Waals surface area contributed by atoms with Gasteiger partial charge in [-0.1, -0.05) is 0 Å². The topological polar surface area (TPSA) is 52.6 Å². The number of ether oxygens (including phenoxy) is 3. The van der Waals surface area contributed by atoms with Crippen LogP contribution in [0.25, 0.3) is 0 Å². The largest absolute Gasteiger partial charge is 0.486 e. The van der Waals surface area contributed by atoms with Gasteiger partial charge in [0.1, 0.15) is 11.9 Å². The van der Waals surface area contributed by atoms with Crippen molar-refractivity contribution in [2.45, 2.75) is 32.4 Å². The molecular weight excluding hydrogens is 256 g/mol. The number of pyridine rings is 1. The molecule has 1 aliphatic heterocycles. The van der Waals surface area contributed by atoms with Crippen LogP contribution in [-0.2, 0) is 16.0 Å². The first-order valence-electron chi connectivity index (χ1n) is 7.20. The summed E-state index contributed by atoms with van der Waals surface area (Å²) in [5.74, 6) is 0.857. The van der Waals surface area contributed by atoms with E-state index in [2.05, 4.69) is 10.3 Å². The molecule has 0 bridgehead atoms. The molecule has 0 radical (unpaired) electrons. The van der Waals surface area contributed by atoms with E-state index in [1.54, 1.807) is 7.11 Å². The normalized spacial score (nSPS) is 19.0. The highest BCUT2D eigenvalue weighted by Crippen LogP contribution is 2.21. The fourth-order valence-corrected chi connectivity index (χ4v) is 2.20. The van der Waals surface area contributed by atoms with Crippen molar-refractivity contribution in [1.82, 2.24) is 10.3 Å². The third-order valence-corrected chi connectivity index (χ3v) is 3.26. The Bertz CT molecular complexity index is 406. The summed E-state index contributed by atoms with van der Waals surface area (Å²) >= 11 is 0. The van der Waals surface area contributed by atoms with E-state index in [-0.39, 0.29) is 6.10 Å². The number of hydrogen-bond donors (Lipinski definition) is 1. The van der Waals surface area contributed by atoms with Crippen molar-refractivity contribution in [2.75, 3.05) is 33.5 Å². The number of aryl methyl sites for hydroxylation is 1. The van der Waals surface area contributed by atoms with Crippen molar-refractivity contribution in [3.05, 3.63) is 23.5 Å². The summed E-state index contributed by atoms with van der Waals surface area (Å²) in [6.07, 6.45) is 2.25. The second-order valence-electron chi connectivity index (χ2n) is 5.02. The van der Waals surface area contributed by atoms with E-state index in [4.69, 9.17) is 14.2 Å². The molecule has 5 heteroatoms. The SMILES string of the molecule is COCCNCc1nc(C)ccc1OC1CCCOC1. The Labute approximate surface area is 120 Å². The van der Waals surface area contributed by atoms with Gasteiger partial charge in [-0.25, -0.2) is 0 Å². The summed E-state index contributed by atoms with van der Waals surface area (Å²) in [4.78, 5) is 4.57. The predicted molar refractivity (Wildman–Crippen MR) is 77.0 cm³/mol. The fourth-order valence-electron chi connectivity index (χ4n) is 2.20. The highest BCUT2D eigenvalue weighted by molar-refractivity contribution is 5.29. The lowest BCUT2D eigenvalue weighted by Crippen LogP contribution is -2.29. The standard InChI is InChI=1S/C15H24N2O3/c1-12-5-6-15(20-13-4-3-8-19-11-13)14(17-12)10-16-7-9-18-2/h5-6,13,16H,3-4,7-11H2,1-2H3. The van der Waals surface area contributed by atoms with Crippen LogP contribution < -0.4 is 10.1 Å². The highest BCUT2D eigenvalue weighted by Gasteiger charge is 2.17. The van der Waals surface area contributed by atoms with Crippen LogP contribution in [0.15, 0.2) is 12.1 Å². The van der Waals surface area contributed by atoms with E-state index >= 15 is 0 Å². The Hall–Kier alpha value is -1.17. The van der Waals surface area contributed by atoms with Gasteiger partial charge in [0, 0.05) is 32.5 Å². The first-order chi connectivity index (χ1) is 9.79. The van der Waals surface area contributed by atoms with Crippen LogP contribution in [0.4, 0.5) is 0 Å². The molecule has 1 aliphatic rings. The van der Waals surface area contributed by atoms with Crippen LogP contribution in [-0.4, -0.2) is 44.6 Å². The average molecular weight is 280 g/mol. The van der Waals surface area contributed by atoms with E-state index in [9.17, 15) is 0 Å². The van der Waals surface area contributed by atoms with Gasteiger partial charge >= 0.3 is 0 Å². The smallest absolute Gasteiger partial charge is 0.142 e. The maximum Gasteiger partial charge on any atom is 0.142 e. The lowest BCUT2D eigenvalue weighted by atomic mass is 10.2. The van der Waals surface area contributed by atoms with Gasteiger partial charge in [-0.15, -0.1) is 0 Å². The monoisotopic (exact) mass is 280 g/mol. The van der Waals surface area contributed by atoms with Gasteiger partial charge in [0.15, 0.2) is 0 Å². The summed E-state index contributed by atoms with van der Waals surface area (Å²) in [5.41, 5.74) is 1.95. The van der Waals surface area contributed by atoms with Gasteiger partial charge in [-0.05, 0) is 31.9 Å². The van der Waals surface area contributed by atoms with Crippen LogP contribution in [0.5, 0.6) is 5.75 Å². The maximum absolute atomic E-state index is 6.04. The molecule has 20 heavy (non-hydrogen) atoms. The van der Waals surface area contributed by atoms with Gasteiger partial charge < -0.3 is 19.5 Å². The molecule has 2 heterocycles. The van der Waals surface area contributed by atoms with Crippen molar-refractivity contribution in [2.24, 2.45) is 0 Å². The fraction of sp³-hybridized carbons (Fsp3) is 0.667. The molecule has 1 aromatic rings. The number of nitrogens with zero attached hydrogens (tertiary/aromatic N) is 1. The van der Waals surface area contributed by atoms with Gasteiger partial charge in [0.25, 0.3) is 0 Å². The van der Waals surface area contributed by atoms with Crippen molar-refractivity contribution in [3.63, 3.8) is 0 Å². The molecule has 0 spiro atoms. The van der Waals surface area contributed by atoms with Gasteiger partial charge in [-0.2, -0.15) is 0 Å².